The van der Waals surface area contributed by atoms with Gasteiger partial charge in [-0.25, -0.2) is 9.55 Å². The van der Waals surface area contributed by atoms with Gasteiger partial charge in [0.05, 0.1) is 5.92 Å². The van der Waals surface area contributed by atoms with E-state index < -0.39 is 22.0 Å². The van der Waals surface area contributed by atoms with E-state index in [-0.39, 0.29) is 23.8 Å². The number of nitrogens with one attached hydrogen (secondary N) is 1. The van der Waals surface area contributed by atoms with E-state index in [1.165, 1.54) is 0 Å². The molecule has 0 aromatic heterocycles. The van der Waals surface area contributed by atoms with Gasteiger partial charge in [-0.3, -0.25) is 4.79 Å². The van der Waals surface area contributed by atoms with Gasteiger partial charge in [0.2, 0.25) is 0 Å². The first kappa shape index (κ1) is 12.9. The largest absolute Gasteiger partial charge is 0.603 e. The zero-order valence-corrected chi connectivity index (χ0v) is 12.8. The summed E-state index contributed by atoms with van der Waals surface area (Å²) in [5.74, 6) is 1.04. The van der Waals surface area contributed by atoms with Crippen LogP contribution in [0.1, 0.15) is 27.2 Å². The highest BCUT2D eigenvalue weighted by atomic mass is 16.7. The van der Waals surface area contributed by atoms with E-state index in [4.69, 9.17) is 4.74 Å². The van der Waals surface area contributed by atoms with Crippen molar-refractivity contribution in [3.05, 3.63) is 17.4 Å². The molecule has 6 rings (SSSR count). The van der Waals surface area contributed by atoms with Crippen LogP contribution in [0.2, 0.25) is 0 Å². The Labute approximate surface area is 128 Å². The van der Waals surface area contributed by atoms with Crippen LogP contribution in [0.5, 0.6) is 0 Å². The van der Waals surface area contributed by atoms with Crippen LogP contribution < -0.4 is 5.43 Å². The molecule has 0 aromatic carbocycles. The molecule has 1 N–H and O–H groups in total. The number of carbonyl (C=O) groups excluding carboxylic acids is 2. The van der Waals surface area contributed by atoms with E-state index in [0.29, 0.717) is 11.8 Å². The summed E-state index contributed by atoms with van der Waals surface area (Å²) in [5, 5.41) is 14.1. The molecule has 1 spiro atoms. The van der Waals surface area contributed by atoms with Crippen molar-refractivity contribution in [3.8, 4) is 0 Å². The lowest BCUT2D eigenvalue weighted by Crippen LogP contribution is -2.74. The number of quaternary nitrogens is 1. The maximum atomic E-state index is 13.2. The Balaban J connectivity index is 1.40. The van der Waals surface area contributed by atoms with Crippen molar-refractivity contribution < 1.29 is 19.1 Å². The molecule has 2 saturated carbocycles. The van der Waals surface area contributed by atoms with Crippen molar-refractivity contribution in [1.82, 2.24) is 10.5 Å². The average Bonchev–Trinajstić information content (AvgIpc) is 3.28. The Morgan fingerprint density at radius 3 is 2.86 bits per heavy atom. The third kappa shape index (κ3) is 1.09. The summed E-state index contributed by atoms with van der Waals surface area (Å²) in [6.07, 6.45) is 4.56. The molecule has 4 aliphatic carbocycles. The van der Waals surface area contributed by atoms with Gasteiger partial charge < -0.3 is 9.94 Å². The molecule has 2 saturated heterocycles. The number of carbonyl (C=O) groups is 2. The van der Waals surface area contributed by atoms with Crippen LogP contribution in [0.3, 0.4) is 0 Å². The highest BCUT2D eigenvalue weighted by molar-refractivity contribution is 5.95. The summed E-state index contributed by atoms with van der Waals surface area (Å²) in [7, 11) is 0. The van der Waals surface area contributed by atoms with Crippen LogP contribution in [0.25, 0.3) is 0 Å². The highest BCUT2D eigenvalue weighted by Gasteiger charge is 3.01. The Bertz CT molecular complexity index is 656. The molecule has 4 fully saturated rings. The summed E-state index contributed by atoms with van der Waals surface area (Å²) in [4.78, 5) is 24.5. The molecular formula is C15H19N3O4. The molecule has 3 unspecified atom stereocenters. The zero-order valence-electron chi connectivity index (χ0n) is 12.8. The SMILES string of the molecule is CC(C)(C)OC(=O)NN1C(=O)[C@]23C4C=CC([C@H]5C[C@@H]45)[C@@H]2[N+]13[O-]. The topological polar surface area (TPSA) is 81.7 Å². The first-order chi connectivity index (χ1) is 10.2. The predicted octanol–water partition coefficient (Wildman–Crippen LogP) is 1.07. The number of hydrogen-bond donors (Lipinski definition) is 1. The normalized spacial score (nSPS) is 52.3. The fourth-order valence-corrected chi connectivity index (χ4v) is 5.27. The third-order valence-electron chi connectivity index (χ3n) is 5.98. The number of ether oxygens (including phenoxy) is 1. The molecular weight excluding hydrogens is 286 g/mol. The fourth-order valence-electron chi connectivity index (χ4n) is 5.27. The van der Waals surface area contributed by atoms with Crippen LogP contribution in [0.4, 0.5) is 4.79 Å². The van der Waals surface area contributed by atoms with E-state index in [1.807, 2.05) is 0 Å². The minimum Gasteiger partial charge on any atom is -0.603 e. The van der Waals surface area contributed by atoms with Gasteiger partial charge in [0.15, 0.2) is 6.04 Å². The van der Waals surface area contributed by atoms with Crippen molar-refractivity contribution in [2.75, 3.05) is 0 Å². The second-order valence-electron chi connectivity index (χ2n) is 8.18. The second-order valence-corrected chi connectivity index (χ2v) is 8.18. The van der Waals surface area contributed by atoms with Crippen molar-refractivity contribution in [1.29, 1.82) is 0 Å². The lowest BCUT2D eigenvalue weighted by Gasteiger charge is -2.47. The molecule has 2 aliphatic heterocycles. The van der Waals surface area contributed by atoms with E-state index in [1.54, 1.807) is 20.8 Å². The number of nitrogens with zero attached hydrogens (tertiary/aromatic N) is 2. The van der Waals surface area contributed by atoms with E-state index in [0.717, 1.165) is 11.5 Å². The molecule has 2 heterocycles. The molecule has 0 radical (unpaired) electrons. The molecule has 2 amide bonds. The Kier molecular flexibility index (Phi) is 1.87. The summed E-state index contributed by atoms with van der Waals surface area (Å²) >= 11 is 0. The number of hydroxylamine groups is 2. The smallest absolute Gasteiger partial charge is 0.430 e. The lowest BCUT2D eigenvalue weighted by atomic mass is 9.68. The lowest BCUT2D eigenvalue weighted by molar-refractivity contribution is -0.934. The van der Waals surface area contributed by atoms with Gasteiger partial charge in [0.25, 0.3) is 5.54 Å². The first-order valence-electron chi connectivity index (χ1n) is 7.86. The zero-order chi connectivity index (χ0) is 15.7. The van der Waals surface area contributed by atoms with Crippen LogP contribution in [0.15, 0.2) is 12.2 Å². The van der Waals surface area contributed by atoms with Crippen LogP contribution in [-0.2, 0) is 9.53 Å². The molecule has 118 valence electrons. The van der Waals surface area contributed by atoms with Crippen molar-refractivity contribution in [2.24, 2.45) is 23.7 Å². The fraction of sp³-hybridized carbons (Fsp3) is 0.733. The van der Waals surface area contributed by atoms with Gasteiger partial charge in [-0.15, -0.1) is 0 Å². The van der Waals surface area contributed by atoms with E-state index >= 15 is 0 Å². The van der Waals surface area contributed by atoms with Crippen LogP contribution in [0, 0.1) is 28.9 Å². The van der Waals surface area contributed by atoms with Gasteiger partial charge in [-0.2, -0.15) is 5.43 Å². The van der Waals surface area contributed by atoms with Gasteiger partial charge in [-0.1, -0.05) is 17.3 Å². The highest BCUT2D eigenvalue weighted by Crippen LogP contribution is 2.79. The molecule has 7 heteroatoms. The molecule has 2 bridgehead atoms. The maximum absolute atomic E-state index is 13.2. The summed E-state index contributed by atoms with van der Waals surface area (Å²) in [5.41, 5.74) is 0.848. The standard InChI is InChI=1S/C15H19N3O4/c1-14(2,3)22-13(20)16-17-12(19)15-10-5-4-7(8-6-9(8)10)11(15)18(15,17)21/h4-5,7-11H,6H2,1-3H3,(H,16,20)/t7?,8-,9-,10?,11+,15+,18?/m1/s1. The second kappa shape index (κ2) is 3.19. The number of hydrazine groups is 1. The molecule has 22 heavy (non-hydrogen) atoms. The summed E-state index contributed by atoms with van der Waals surface area (Å²) in [6.45, 7) is 5.22. The number of hydrogen-bond acceptors (Lipinski definition) is 4. The summed E-state index contributed by atoms with van der Waals surface area (Å²) < 4.78 is 4.44. The minimum absolute atomic E-state index is 0.0502. The predicted molar refractivity (Wildman–Crippen MR) is 74.1 cm³/mol. The van der Waals surface area contributed by atoms with Crippen molar-refractivity contribution >= 4 is 12.0 Å². The quantitative estimate of drug-likeness (QED) is 0.340. The summed E-state index contributed by atoms with van der Waals surface area (Å²) in [6, 6.07) is -0.242. The van der Waals surface area contributed by atoms with Crippen LogP contribution in [-0.4, -0.2) is 39.1 Å². The van der Waals surface area contributed by atoms with Gasteiger partial charge in [0, 0.05) is 5.92 Å². The number of amides is 2. The average molecular weight is 305 g/mol. The first-order valence-corrected chi connectivity index (χ1v) is 7.86. The number of rotatable bonds is 1. The van der Waals surface area contributed by atoms with Crippen LogP contribution >= 0.6 is 0 Å². The minimum atomic E-state index is -0.841. The monoisotopic (exact) mass is 305 g/mol. The van der Waals surface area contributed by atoms with Crippen molar-refractivity contribution in [3.63, 3.8) is 0 Å². The van der Waals surface area contributed by atoms with Crippen molar-refractivity contribution in [2.45, 2.75) is 44.4 Å². The molecule has 7 atom stereocenters. The molecule has 0 aromatic rings. The van der Waals surface area contributed by atoms with Gasteiger partial charge >= 0.3 is 12.0 Å². The Morgan fingerprint density at radius 2 is 2.18 bits per heavy atom. The maximum Gasteiger partial charge on any atom is 0.430 e. The molecule has 7 nitrogen and oxygen atoms in total. The Morgan fingerprint density at radius 1 is 1.45 bits per heavy atom. The third-order valence-corrected chi connectivity index (χ3v) is 5.98. The van der Waals surface area contributed by atoms with Gasteiger partial charge in [0.1, 0.15) is 5.60 Å². The van der Waals surface area contributed by atoms with Gasteiger partial charge in [-0.05, 0) is 39.0 Å². The Hall–Kier alpha value is -1.60. The van der Waals surface area contributed by atoms with E-state index in [9.17, 15) is 14.8 Å². The van der Waals surface area contributed by atoms with E-state index in [2.05, 4.69) is 17.6 Å². The molecule has 6 aliphatic rings.